The van der Waals surface area contributed by atoms with Crippen LogP contribution >= 0.6 is 0 Å². The zero-order valence-corrected chi connectivity index (χ0v) is 13.6. The lowest BCUT2D eigenvalue weighted by Crippen LogP contribution is -2.52. The summed E-state index contributed by atoms with van der Waals surface area (Å²) in [6.45, 7) is 10.5. The molecule has 1 aliphatic carbocycles. The summed E-state index contributed by atoms with van der Waals surface area (Å²) in [6.07, 6.45) is 3.02. The third-order valence-corrected chi connectivity index (χ3v) is 5.83. The van der Waals surface area contributed by atoms with Crippen molar-refractivity contribution in [1.82, 2.24) is 9.80 Å². The van der Waals surface area contributed by atoms with E-state index in [0.717, 1.165) is 45.4 Å². The van der Waals surface area contributed by atoms with Gasteiger partial charge in [-0.1, -0.05) is 20.8 Å². The fourth-order valence-electron chi connectivity index (χ4n) is 3.78. The van der Waals surface area contributed by atoms with Crippen LogP contribution in [0.1, 0.15) is 40.0 Å². The van der Waals surface area contributed by atoms with Gasteiger partial charge in [0.25, 0.3) is 0 Å². The van der Waals surface area contributed by atoms with Crippen molar-refractivity contribution >= 4 is 5.91 Å². The van der Waals surface area contributed by atoms with Crippen LogP contribution in [0.15, 0.2) is 0 Å². The summed E-state index contributed by atoms with van der Waals surface area (Å²) in [5.41, 5.74) is 6.21. The zero-order valence-electron chi connectivity index (χ0n) is 13.6. The van der Waals surface area contributed by atoms with Gasteiger partial charge < -0.3 is 15.5 Å². The Morgan fingerprint density at radius 1 is 1.15 bits per heavy atom. The first-order chi connectivity index (χ1) is 9.34. The van der Waals surface area contributed by atoms with Crippen molar-refractivity contribution in [2.45, 2.75) is 46.1 Å². The Bertz CT molecular complexity index is 356. The summed E-state index contributed by atoms with van der Waals surface area (Å²) < 4.78 is 0. The molecule has 1 saturated carbocycles. The lowest BCUT2D eigenvalue weighted by atomic mass is 9.60. The number of hydrogen-bond acceptors (Lipinski definition) is 3. The van der Waals surface area contributed by atoms with Gasteiger partial charge in [-0.3, -0.25) is 4.79 Å². The number of rotatable bonds is 1. The molecule has 3 unspecified atom stereocenters. The molecule has 0 aromatic carbocycles. The minimum atomic E-state index is 0.00690. The summed E-state index contributed by atoms with van der Waals surface area (Å²) in [6, 6.07) is 0.240. The van der Waals surface area contributed by atoms with E-state index < -0.39 is 0 Å². The third-order valence-electron chi connectivity index (χ3n) is 5.83. The van der Waals surface area contributed by atoms with Crippen LogP contribution in [-0.2, 0) is 4.79 Å². The van der Waals surface area contributed by atoms with Gasteiger partial charge in [0.1, 0.15) is 0 Å². The second-order valence-corrected chi connectivity index (χ2v) is 7.39. The third kappa shape index (κ3) is 3.01. The molecule has 0 bridgehead atoms. The number of amides is 1. The summed E-state index contributed by atoms with van der Waals surface area (Å²) >= 11 is 0. The molecule has 2 fully saturated rings. The van der Waals surface area contributed by atoms with Crippen LogP contribution in [0.4, 0.5) is 0 Å². The van der Waals surface area contributed by atoms with Gasteiger partial charge >= 0.3 is 0 Å². The van der Waals surface area contributed by atoms with Gasteiger partial charge in [-0.2, -0.15) is 0 Å². The summed E-state index contributed by atoms with van der Waals surface area (Å²) in [4.78, 5) is 17.4. The van der Waals surface area contributed by atoms with E-state index in [-0.39, 0.29) is 17.4 Å². The number of carbonyl (C=O) groups is 1. The van der Waals surface area contributed by atoms with Crippen LogP contribution < -0.4 is 5.73 Å². The average molecular weight is 281 g/mol. The minimum absolute atomic E-state index is 0.00690. The van der Waals surface area contributed by atoms with Crippen molar-refractivity contribution in [1.29, 1.82) is 0 Å². The molecule has 20 heavy (non-hydrogen) atoms. The van der Waals surface area contributed by atoms with Gasteiger partial charge in [-0.15, -0.1) is 0 Å². The number of nitrogens with two attached hydrogens (primary N) is 1. The van der Waals surface area contributed by atoms with Crippen molar-refractivity contribution in [3.8, 4) is 0 Å². The molecule has 4 nitrogen and oxygen atoms in total. The Balaban J connectivity index is 2.08. The molecular weight excluding hydrogens is 250 g/mol. The lowest BCUT2D eigenvalue weighted by molar-refractivity contribution is -0.143. The van der Waals surface area contributed by atoms with E-state index in [9.17, 15) is 4.79 Å². The van der Waals surface area contributed by atoms with Crippen molar-refractivity contribution < 1.29 is 4.79 Å². The Morgan fingerprint density at radius 2 is 1.85 bits per heavy atom. The van der Waals surface area contributed by atoms with E-state index in [1.165, 1.54) is 0 Å². The molecule has 2 rings (SSSR count). The maximum atomic E-state index is 12.9. The molecule has 0 spiro atoms. The summed E-state index contributed by atoms with van der Waals surface area (Å²) in [7, 11) is 2.14. The lowest BCUT2D eigenvalue weighted by Gasteiger charge is -2.47. The fourth-order valence-corrected chi connectivity index (χ4v) is 3.78. The minimum Gasteiger partial charge on any atom is -0.341 e. The van der Waals surface area contributed by atoms with E-state index in [0.29, 0.717) is 11.8 Å². The Labute approximate surface area is 123 Å². The van der Waals surface area contributed by atoms with Gasteiger partial charge in [-0.25, -0.2) is 0 Å². The van der Waals surface area contributed by atoms with Crippen molar-refractivity contribution in [3.63, 3.8) is 0 Å². The molecule has 1 saturated heterocycles. The standard InChI is InChI=1S/C16H31N3O/c1-12-14(17)7-6-13(16(12,2)3)15(20)19-9-5-8-18(4)10-11-19/h12-14H,5-11,17H2,1-4H3. The van der Waals surface area contributed by atoms with E-state index in [2.05, 4.69) is 37.6 Å². The second-order valence-electron chi connectivity index (χ2n) is 7.39. The number of likely N-dealkylation sites (N-methyl/N-ethyl adjacent to an activating group) is 1. The normalized spacial score (nSPS) is 35.6. The van der Waals surface area contributed by atoms with Gasteiger partial charge in [0.15, 0.2) is 0 Å². The fraction of sp³-hybridized carbons (Fsp3) is 0.938. The van der Waals surface area contributed by atoms with E-state index in [1.807, 2.05) is 0 Å². The Kier molecular flexibility index (Phi) is 4.75. The Hall–Kier alpha value is -0.610. The van der Waals surface area contributed by atoms with Crippen LogP contribution in [0.3, 0.4) is 0 Å². The summed E-state index contributed by atoms with van der Waals surface area (Å²) in [5, 5.41) is 0. The van der Waals surface area contributed by atoms with Crippen LogP contribution in [0.2, 0.25) is 0 Å². The first kappa shape index (κ1) is 15.8. The smallest absolute Gasteiger partial charge is 0.226 e. The quantitative estimate of drug-likeness (QED) is 0.793. The van der Waals surface area contributed by atoms with E-state index in [4.69, 9.17) is 5.73 Å². The SMILES string of the molecule is CC1C(N)CCC(C(=O)N2CCCN(C)CC2)C1(C)C. The van der Waals surface area contributed by atoms with Gasteiger partial charge in [0.05, 0.1) is 0 Å². The molecule has 0 aromatic heterocycles. The van der Waals surface area contributed by atoms with Crippen molar-refractivity contribution in [2.75, 3.05) is 33.2 Å². The molecule has 3 atom stereocenters. The maximum Gasteiger partial charge on any atom is 0.226 e. The first-order valence-corrected chi connectivity index (χ1v) is 8.07. The number of carbonyl (C=O) groups excluding carboxylic acids is 1. The summed E-state index contributed by atoms with van der Waals surface area (Å²) in [5.74, 6) is 0.907. The molecule has 1 amide bonds. The second kappa shape index (κ2) is 6.02. The predicted molar refractivity (Wildman–Crippen MR) is 82.3 cm³/mol. The van der Waals surface area contributed by atoms with Crippen LogP contribution in [-0.4, -0.2) is 55.0 Å². The molecule has 2 N–H and O–H groups in total. The first-order valence-electron chi connectivity index (χ1n) is 8.07. The van der Waals surface area contributed by atoms with Crippen molar-refractivity contribution in [3.05, 3.63) is 0 Å². The maximum absolute atomic E-state index is 12.9. The largest absolute Gasteiger partial charge is 0.341 e. The molecule has 1 aliphatic heterocycles. The highest BCUT2D eigenvalue weighted by atomic mass is 16.2. The highest BCUT2D eigenvalue weighted by Gasteiger charge is 2.46. The zero-order chi connectivity index (χ0) is 14.9. The average Bonchev–Trinajstić information content (AvgIpc) is 2.60. The highest BCUT2D eigenvalue weighted by Crippen LogP contribution is 2.45. The van der Waals surface area contributed by atoms with Crippen LogP contribution in [0.25, 0.3) is 0 Å². The topological polar surface area (TPSA) is 49.6 Å². The molecule has 1 heterocycles. The van der Waals surface area contributed by atoms with E-state index >= 15 is 0 Å². The highest BCUT2D eigenvalue weighted by molar-refractivity contribution is 5.80. The predicted octanol–water partition coefficient (Wildman–Crippen LogP) is 1.55. The molecular formula is C16H31N3O. The molecule has 4 heteroatoms. The molecule has 0 radical (unpaired) electrons. The van der Waals surface area contributed by atoms with Crippen LogP contribution in [0, 0.1) is 17.3 Å². The van der Waals surface area contributed by atoms with Crippen molar-refractivity contribution in [2.24, 2.45) is 23.0 Å². The monoisotopic (exact) mass is 281 g/mol. The molecule has 0 aromatic rings. The van der Waals surface area contributed by atoms with Gasteiger partial charge in [0, 0.05) is 31.6 Å². The molecule has 2 aliphatic rings. The molecule has 116 valence electrons. The van der Waals surface area contributed by atoms with Gasteiger partial charge in [0.2, 0.25) is 5.91 Å². The van der Waals surface area contributed by atoms with Crippen LogP contribution in [0.5, 0.6) is 0 Å². The van der Waals surface area contributed by atoms with Gasteiger partial charge in [-0.05, 0) is 44.2 Å². The Morgan fingerprint density at radius 3 is 2.55 bits per heavy atom. The number of hydrogen-bond donors (Lipinski definition) is 1. The number of nitrogens with zero attached hydrogens (tertiary/aromatic N) is 2. The van der Waals surface area contributed by atoms with E-state index in [1.54, 1.807) is 0 Å².